The number of benzene rings is 1. The molecule has 1 atom stereocenters. The van der Waals surface area contributed by atoms with Gasteiger partial charge in [-0.2, -0.15) is 0 Å². The van der Waals surface area contributed by atoms with Crippen LogP contribution in [0, 0.1) is 5.92 Å². The van der Waals surface area contributed by atoms with Gasteiger partial charge < -0.3 is 19.7 Å². The first-order valence-corrected chi connectivity index (χ1v) is 8.28. The minimum atomic E-state index is -0.727. The van der Waals surface area contributed by atoms with E-state index in [2.05, 4.69) is 10.2 Å². The van der Waals surface area contributed by atoms with Gasteiger partial charge in [0, 0.05) is 18.8 Å². The van der Waals surface area contributed by atoms with Crippen LogP contribution in [0.2, 0.25) is 0 Å². The molecule has 0 spiro atoms. The summed E-state index contributed by atoms with van der Waals surface area (Å²) in [5.74, 6) is 1.07. The number of nitrogens with zero attached hydrogens (tertiary/aromatic N) is 1. The number of hydrogen-bond acceptors (Lipinski definition) is 4. The second-order valence-corrected chi connectivity index (χ2v) is 6.44. The lowest BCUT2D eigenvalue weighted by atomic mass is 9.99. The van der Waals surface area contributed by atoms with E-state index in [0.29, 0.717) is 19.1 Å². The third-order valence-electron chi connectivity index (χ3n) is 4.17. The van der Waals surface area contributed by atoms with Crippen molar-refractivity contribution in [3.05, 3.63) is 24.3 Å². The van der Waals surface area contributed by atoms with Gasteiger partial charge in [-0.3, -0.25) is 4.79 Å². The number of hydrogen-bond donors (Lipinski definition) is 1. The van der Waals surface area contributed by atoms with Gasteiger partial charge in [0.25, 0.3) is 5.91 Å². The summed E-state index contributed by atoms with van der Waals surface area (Å²) >= 11 is 0. The summed E-state index contributed by atoms with van der Waals surface area (Å²) < 4.78 is 11.4. The molecule has 1 aromatic carbocycles. The highest BCUT2D eigenvalue weighted by Gasteiger charge is 2.48. The molecule has 0 unspecified atom stereocenters. The Hall–Kier alpha value is -1.59. The molecule has 1 N–H and O–H groups in total. The van der Waals surface area contributed by atoms with Crippen LogP contribution in [-0.2, 0) is 9.53 Å². The molecule has 0 bridgehead atoms. The SMILES string of the molecule is CCO[C@](C)(C(=O)Nc1ccc(OCCN(C)C)cc1)C1CC1. The van der Waals surface area contributed by atoms with E-state index in [9.17, 15) is 4.79 Å². The molecule has 0 aromatic heterocycles. The summed E-state index contributed by atoms with van der Waals surface area (Å²) in [4.78, 5) is 14.6. The first-order valence-electron chi connectivity index (χ1n) is 8.28. The minimum absolute atomic E-state index is 0.0665. The Morgan fingerprint density at radius 3 is 2.48 bits per heavy atom. The van der Waals surface area contributed by atoms with E-state index in [0.717, 1.165) is 30.8 Å². The maximum absolute atomic E-state index is 12.6. The van der Waals surface area contributed by atoms with Crippen LogP contribution < -0.4 is 10.1 Å². The zero-order valence-electron chi connectivity index (χ0n) is 14.6. The fourth-order valence-corrected chi connectivity index (χ4v) is 2.54. The molecule has 5 nitrogen and oxygen atoms in total. The smallest absolute Gasteiger partial charge is 0.256 e. The molecule has 0 aliphatic heterocycles. The molecule has 1 aromatic rings. The van der Waals surface area contributed by atoms with E-state index in [1.54, 1.807) is 0 Å². The molecule has 0 heterocycles. The molecule has 5 heteroatoms. The summed E-state index contributed by atoms with van der Waals surface area (Å²) in [6.45, 7) is 5.87. The van der Waals surface area contributed by atoms with Crippen molar-refractivity contribution < 1.29 is 14.3 Å². The molecule has 2 rings (SSSR count). The fourth-order valence-electron chi connectivity index (χ4n) is 2.54. The van der Waals surface area contributed by atoms with Gasteiger partial charge in [0.2, 0.25) is 0 Å². The van der Waals surface area contributed by atoms with Crippen LogP contribution in [0.5, 0.6) is 5.75 Å². The average Bonchev–Trinajstić information content (AvgIpc) is 3.34. The van der Waals surface area contributed by atoms with Gasteiger partial charge in [0.1, 0.15) is 18.0 Å². The lowest BCUT2D eigenvalue weighted by molar-refractivity contribution is -0.141. The highest BCUT2D eigenvalue weighted by molar-refractivity contribution is 5.97. The van der Waals surface area contributed by atoms with Crippen LogP contribution in [0.15, 0.2) is 24.3 Å². The average molecular weight is 320 g/mol. The lowest BCUT2D eigenvalue weighted by Crippen LogP contribution is -2.44. The molecule has 1 amide bonds. The maximum Gasteiger partial charge on any atom is 0.256 e. The number of nitrogens with one attached hydrogen (secondary N) is 1. The van der Waals surface area contributed by atoms with Crippen molar-refractivity contribution in [2.24, 2.45) is 5.92 Å². The molecule has 0 radical (unpaired) electrons. The van der Waals surface area contributed by atoms with Crippen molar-refractivity contribution in [3.8, 4) is 5.75 Å². The topological polar surface area (TPSA) is 50.8 Å². The van der Waals surface area contributed by atoms with Gasteiger partial charge in [-0.25, -0.2) is 0 Å². The van der Waals surface area contributed by atoms with Crippen molar-refractivity contribution in [1.82, 2.24) is 4.90 Å². The zero-order chi connectivity index (χ0) is 16.9. The molecule has 1 aliphatic carbocycles. The predicted molar refractivity (Wildman–Crippen MR) is 91.9 cm³/mol. The third kappa shape index (κ3) is 4.94. The Bertz CT molecular complexity index is 512. The van der Waals surface area contributed by atoms with Gasteiger partial charge >= 0.3 is 0 Å². The number of rotatable bonds is 9. The van der Waals surface area contributed by atoms with Gasteiger partial charge in [0.15, 0.2) is 0 Å². The summed E-state index contributed by atoms with van der Waals surface area (Å²) in [5, 5.41) is 2.96. The zero-order valence-corrected chi connectivity index (χ0v) is 14.6. The van der Waals surface area contributed by atoms with Crippen LogP contribution >= 0.6 is 0 Å². The lowest BCUT2D eigenvalue weighted by Gasteiger charge is -2.28. The number of carbonyl (C=O) groups excluding carboxylic acids is 1. The van der Waals surface area contributed by atoms with Gasteiger partial charge in [0.05, 0.1) is 0 Å². The van der Waals surface area contributed by atoms with Crippen molar-refractivity contribution in [3.63, 3.8) is 0 Å². The Balaban J connectivity index is 1.90. The Morgan fingerprint density at radius 2 is 1.96 bits per heavy atom. The second kappa shape index (κ2) is 7.79. The van der Waals surface area contributed by atoms with Gasteiger partial charge in [-0.15, -0.1) is 0 Å². The Labute approximate surface area is 139 Å². The first kappa shape index (κ1) is 17.8. The Kier molecular flexibility index (Phi) is 6.02. The Morgan fingerprint density at radius 1 is 1.30 bits per heavy atom. The van der Waals surface area contributed by atoms with E-state index in [1.165, 1.54) is 0 Å². The number of likely N-dealkylation sites (N-methyl/N-ethyl adjacent to an activating group) is 1. The van der Waals surface area contributed by atoms with Crippen LogP contribution in [0.4, 0.5) is 5.69 Å². The monoisotopic (exact) mass is 320 g/mol. The number of anilines is 1. The van der Waals surface area contributed by atoms with Crippen molar-refractivity contribution in [2.75, 3.05) is 39.2 Å². The summed E-state index contributed by atoms with van der Waals surface area (Å²) in [6.07, 6.45) is 2.12. The summed E-state index contributed by atoms with van der Waals surface area (Å²) in [6, 6.07) is 7.48. The second-order valence-electron chi connectivity index (χ2n) is 6.44. The molecule has 23 heavy (non-hydrogen) atoms. The van der Waals surface area contributed by atoms with E-state index < -0.39 is 5.60 Å². The normalized spacial score (nSPS) is 16.9. The summed E-state index contributed by atoms with van der Waals surface area (Å²) in [5.41, 5.74) is 0.0388. The van der Waals surface area contributed by atoms with Gasteiger partial charge in [-0.05, 0) is 71.0 Å². The molecule has 128 valence electrons. The quantitative estimate of drug-likeness (QED) is 0.760. The molecular weight excluding hydrogens is 292 g/mol. The molecule has 1 aliphatic rings. The van der Waals surface area contributed by atoms with Crippen molar-refractivity contribution in [1.29, 1.82) is 0 Å². The first-order chi connectivity index (χ1) is 11.0. The highest BCUT2D eigenvalue weighted by Crippen LogP contribution is 2.42. The maximum atomic E-state index is 12.6. The number of amides is 1. The standard InChI is InChI=1S/C18H28N2O3/c1-5-23-18(2,14-6-7-14)17(21)19-15-8-10-16(11-9-15)22-13-12-20(3)4/h8-11,14H,5-7,12-13H2,1-4H3,(H,19,21)/t18-/m0/s1. The van der Waals surface area contributed by atoms with Crippen LogP contribution in [0.3, 0.4) is 0 Å². The largest absolute Gasteiger partial charge is 0.492 e. The van der Waals surface area contributed by atoms with E-state index in [1.807, 2.05) is 52.2 Å². The highest BCUT2D eigenvalue weighted by atomic mass is 16.5. The minimum Gasteiger partial charge on any atom is -0.492 e. The van der Waals surface area contributed by atoms with Gasteiger partial charge in [-0.1, -0.05) is 0 Å². The third-order valence-corrected chi connectivity index (χ3v) is 4.17. The van der Waals surface area contributed by atoms with E-state index in [-0.39, 0.29) is 5.91 Å². The summed E-state index contributed by atoms with van der Waals surface area (Å²) in [7, 11) is 4.02. The molecule has 0 saturated heterocycles. The van der Waals surface area contributed by atoms with Crippen molar-refractivity contribution in [2.45, 2.75) is 32.3 Å². The van der Waals surface area contributed by atoms with Crippen LogP contribution in [0.1, 0.15) is 26.7 Å². The van der Waals surface area contributed by atoms with Crippen LogP contribution in [-0.4, -0.2) is 50.3 Å². The van der Waals surface area contributed by atoms with Crippen LogP contribution in [0.25, 0.3) is 0 Å². The van der Waals surface area contributed by atoms with E-state index >= 15 is 0 Å². The number of ether oxygens (including phenoxy) is 2. The molecule has 1 fully saturated rings. The number of carbonyl (C=O) groups is 1. The van der Waals surface area contributed by atoms with Crippen molar-refractivity contribution >= 4 is 11.6 Å². The molecular formula is C18H28N2O3. The predicted octanol–water partition coefficient (Wildman–Crippen LogP) is 2.77. The van der Waals surface area contributed by atoms with E-state index in [4.69, 9.17) is 9.47 Å². The fraction of sp³-hybridized carbons (Fsp3) is 0.611. The molecule has 1 saturated carbocycles.